The average molecular weight is 232 g/mol. The Balaban J connectivity index is 3.48. The molecule has 6 heteroatoms. The summed E-state index contributed by atoms with van der Waals surface area (Å²) in [4.78, 5) is 23.9. The largest absolute Gasteiger partial charge is 0.478 e. The molecule has 0 heterocycles. The molecule has 14 heavy (non-hydrogen) atoms. The number of hydrogen-bond donors (Lipinski definition) is 1. The number of halogens is 2. The Morgan fingerprint density at radius 1 is 1.43 bits per heavy atom. The van der Waals surface area contributed by atoms with Gasteiger partial charge in [-0.2, -0.15) is 4.99 Å². The predicted molar refractivity (Wildman–Crippen MR) is 51.2 cm³/mol. The summed E-state index contributed by atoms with van der Waals surface area (Å²) in [6.07, 6.45) is 1.26. The van der Waals surface area contributed by atoms with Crippen molar-refractivity contribution in [3.05, 3.63) is 27.7 Å². The third-order valence-electron chi connectivity index (χ3n) is 1.45. The fourth-order valence-electron chi connectivity index (χ4n) is 0.873. The molecule has 0 saturated heterocycles. The van der Waals surface area contributed by atoms with Gasteiger partial charge in [-0.3, -0.25) is 0 Å². The quantitative estimate of drug-likeness (QED) is 0.629. The molecule has 0 saturated carbocycles. The first kappa shape index (κ1) is 10.7. The first-order valence-corrected chi connectivity index (χ1v) is 4.12. The maximum Gasteiger partial charge on any atom is 0.338 e. The van der Waals surface area contributed by atoms with Gasteiger partial charge in [-0.1, -0.05) is 23.2 Å². The van der Waals surface area contributed by atoms with Crippen molar-refractivity contribution in [2.45, 2.75) is 0 Å². The van der Waals surface area contributed by atoms with Gasteiger partial charge in [0.1, 0.15) is 0 Å². The number of isocyanates is 1. The molecular weight excluding hydrogens is 229 g/mol. The second-order valence-corrected chi connectivity index (χ2v) is 3.05. The van der Waals surface area contributed by atoms with Gasteiger partial charge in [-0.15, -0.1) is 0 Å². The van der Waals surface area contributed by atoms with E-state index in [1.54, 1.807) is 0 Å². The molecule has 0 bridgehead atoms. The molecule has 0 atom stereocenters. The third-order valence-corrected chi connectivity index (χ3v) is 2.15. The molecule has 1 rings (SSSR count). The minimum absolute atomic E-state index is 0.00708. The van der Waals surface area contributed by atoms with E-state index in [0.29, 0.717) is 0 Å². The van der Waals surface area contributed by atoms with Crippen LogP contribution in [0.5, 0.6) is 0 Å². The van der Waals surface area contributed by atoms with Gasteiger partial charge in [-0.25, -0.2) is 9.59 Å². The molecule has 4 nitrogen and oxygen atoms in total. The van der Waals surface area contributed by atoms with Crippen LogP contribution in [-0.2, 0) is 4.79 Å². The van der Waals surface area contributed by atoms with E-state index in [0.717, 1.165) is 0 Å². The van der Waals surface area contributed by atoms with Crippen LogP contribution in [0.3, 0.4) is 0 Å². The number of carbonyl (C=O) groups excluding carboxylic acids is 1. The summed E-state index contributed by atoms with van der Waals surface area (Å²) in [5.74, 6) is -1.28. The minimum atomic E-state index is -1.28. The lowest BCUT2D eigenvalue weighted by Gasteiger charge is -2.02. The van der Waals surface area contributed by atoms with Gasteiger partial charge in [0.25, 0.3) is 0 Å². The average Bonchev–Trinajstić information content (AvgIpc) is 2.10. The highest BCUT2D eigenvalue weighted by Crippen LogP contribution is 2.33. The summed E-state index contributed by atoms with van der Waals surface area (Å²) in [5.41, 5.74) is -0.242. The second-order valence-electron chi connectivity index (χ2n) is 2.26. The number of hydrogen-bond acceptors (Lipinski definition) is 3. The summed E-state index contributed by atoms with van der Waals surface area (Å²) < 4.78 is 0. The van der Waals surface area contributed by atoms with Crippen LogP contribution in [0, 0.1) is 0 Å². The zero-order valence-electron chi connectivity index (χ0n) is 6.62. The van der Waals surface area contributed by atoms with Crippen molar-refractivity contribution in [3.8, 4) is 0 Å². The Kier molecular flexibility index (Phi) is 3.25. The molecule has 0 radical (unpaired) electrons. The summed E-state index contributed by atoms with van der Waals surface area (Å²) in [5, 5.41) is 8.55. The van der Waals surface area contributed by atoms with Gasteiger partial charge in [0.2, 0.25) is 6.08 Å². The maximum atomic E-state index is 10.7. The molecule has 0 spiro atoms. The molecule has 0 aliphatic heterocycles. The summed E-state index contributed by atoms with van der Waals surface area (Å²) in [6.45, 7) is 0. The molecule has 0 unspecified atom stereocenters. The van der Waals surface area contributed by atoms with Crippen LogP contribution in [0.25, 0.3) is 0 Å². The topological polar surface area (TPSA) is 66.7 Å². The number of aromatic carboxylic acids is 1. The molecular formula is C8H3Cl2NO3. The van der Waals surface area contributed by atoms with Crippen molar-refractivity contribution in [1.82, 2.24) is 0 Å². The van der Waals surface area contributed by atoms with Crippen molar-refractivity contribution in [2.24, 2.45) is 4.99 Å². The van der Waals surface area contributed by atoms with Crippen LogP contribution in [0.1, 0.15) is 10.4 Å². The molecule has 1 aromatic carbocycles. The van der Waals surface area contributed by atoms with Crippen molar-refractivity contribution in [1.29, 1.82) is 0 Å². The van der Waals surface area contributed by atoms with E-state index in [-0.39, 0.29) is 21.3 Å². The monoisotopic (exact) mass is 231 g/mol. The number of carboxylic acid groups (broad SMARTS) is 1. The number of rotatable bonds is 2. The first-order valence-electron chi connectivity index (χ1n) is 3.37. The lowest BCUT2D eigenvalue weighted by Crippen LogP contribution is -1.98. The predicted octanol–water partition coefficient (Wildman–Crippen LogP) is 2.66. The zero-order chi connectivity index (χ0) is 10.7. The number of carbonyl (C=O) groups is 1. The highest BCUT2D eigenvalue weighted by atomic mass is 35.5. The highest BCUT2D eigenvalue weighted by molar-refractivity contribution is 6.40. The van der Waals surface area contributed by atoms with E-state index in [4.69, 9.17) is 28.3 Å². The number of benzene rings is 1. The molecule has 0 aliphatic rings. The van der Waals surface area contributed by atoms with Crippen LogP contribution in [0.4, 0.5) is 5.69 Å². The molecule has 1 aromatic rings. The SMILES string of the molecule is O=C=Nc1ccc(Cl)c(C(=O)O)c1Cl. The molecule has 0 aliphatic carbocycles. The minimum Gasteiger partial charge on any atom is -0.478 e. The van der Waals surface area contributed by atoms with Gasteiger partial charge in [0.05, 0.1) is 21.3 Å². The summed E-state index contributed by atoms with van der Waals surface area (Å²) in [6, 6.07) is 2.63. The Hall–Kier alpha value is -1.35. The van der Waals surface area contributed by atoms with Crippen molar-refractivity contribution >= 4 is 40.9 Å². The zero-order valence-corrected chi connectivity index (χ0v) is 8.13. The molecule has 1 N–H and O–H groups in total. The van der Waals surface area contributed by atoms with Gasteiger partial charge in [0.15, 0.2) is 0 Å². The van der Waals surface area contributed by atoms with E-state index in [1.807, 2.05) is 0 Å². The lowest BCUT2D eigenvalue weighted by atomic mass is 10.2. The molecule has 0 fully saturated rings. The van der Waals surface area contributed by atoms with Crippen LogP contribution in [-0.4, -0.2) is 17.2 Å². The normalized spacial score (nSPS) is 9.29. The summed E-state index contributed by atoms with van der Waals surface area (Å²) >= 11 is 11.2. The first-order chi connectivity index (χ1) is 6.57. The van der Waals surface area contributed by atoms with Gasteiger partial charge < -0.3 is 5.11 Å². The fourth-order valence-corrected chi connectivity index (χ4v) is 1.45. The third kappa shape index (κ3) is 1.93. The summed E-state index contributed by atoms with van der Waals surface area (Å²) in [7, 11) is 0. The Bertz CT molecular complexity index is 438. The van der Waals surface area contributed by atoms with E-state index in [9.17, 15) is 9.59 Å². The van der Waals surface area contributed by atoms with Crippen LogP contribution in [0.15, 0.2) is 17.1 Å². The fraction of sp³-hybridized carbons (Fsp3) is 0. The lowest BCUT2D eigenvalue weighted by molar-refractivity contribution is 0.0697. The number of carboxylic acids is 1. The van der Waals surface area contributed by atoms with Gasteiger partial charge in [-0.05, 0) is 12.1 Å². The van der Waals surface area contributed by atoms with Crippen LogP contribution < -0.4 is 0 Å². The standard InChI is InChI=1S/C8H3Cl2NO3/c9-4-1-2-5(11-3-12)7(10)6(4)8(13)14/h1-2H,(H,13,14). The number of aliphatic imine (C=N–C) groups is 1. The Morgan fingerprint density at radius 2 is 2.07 bits per heavy atom. The van der Waals surface area contributed by atoms with Crippen molar-refractivity contribution < 1.29 is 14.7 Å². The maximum absolute atomic E-state index is 10.7. The van der Waals surface area contributed by atoms with Crippen LogP contribution >= 0.6 is 23.2 Å². The van der Waals surface area contributed by atoms with E-state index < -0.39 is 5.97 Å². The van der Waals surface area contributed by atoms with Crippen molar-refractivity contribution in [3.63, 3.8) is 0 Å². The smallest absolute Gasteiger partial charge is 0.338 e. The molecule has 72 valence electrons. The highest BCUT2D eigenvalue weighted by Gasteiger charge is 2.16. The number of nitrogens with zero attached hydrogens (tertiary/aromatic N) is 1. The Morgan fingerprint density at radius 3 is 2.57 bits per heavy atom. The van der Waals surface area contributed by atoms with Gasteiger partial charge >= 0.3 is 5.97 Å². The molecule has 0 amide bonds. The second kappa shape index (κ2) is 4.24. The Labute approximate surface area is 88.8 Å². The van der Waals surface area contributed by atoms with Crippen LogP contribution in [0.2, 0.25) is 10.0 Å². The van der Waals surface area contributed by atoms with E-state index in [2.05, 4.69) is 4.99 Å². The van der Waals surface area contributed by atoms with Gasteiger partial charge in [0, 0.05) is 0 Å². The van der Waals surface area contributed by atoms with Crippen molar-refractivity contribution in [2.75, 3.05) is 0 Å². The molecule has 0 aromatic heterocycles. The van der Waals surface area contributed by atoms with E-state index >= 15 is 0 Å². The van der Waals surface area contributed by atoms with E-state index in [1.165, 1.54) is 18.2 Å².